The lowest BCUT2D eigenvalue weighted by atomic mass is 10.0. The van der Waals surface area contributed by atoms with Gasteiger partial charge in [-0.05, 0) is 11.8 Å². The molecule has 3 nitrogen and oxygen atoms in total. The van der Waals surface area contributed by atoms with E-state index < -0.39 is 0 Å². The van der Waals surface area contributed by atoms with E-state index in [2.05, 4.69) is 37.7 Å². The molecule has 0 aromatic carbocycles. The monoisotopic (exact) mass is 168 g/mol. The van der Waals surface area contributed by atoms with E-state index in [4.69, 9.17) is 0 Å². The van der Waals surface area contributed by atoms with Crippen molar-refractivity contribution < 1.29 is 0 Å². The van der Waals surface area contributed by atoms with Crippen molar-refractivity contribution in [3.05, 3.63) is 21.9 Å². The number of hydrogen-bond acceptors (Lipinski definition) is 1. The van der Waals surface area contributed by atoms with Crippen molar-refractivity contribution in [2.24, 2.45) is 0 Å². The van der Waals surface area contributed by atoms with E-state index in [0.29, 0.717) is 11.8 Å². The Morgan fingerprint density at radius 2 is 1.25 bits per heavy atom. The van der Waals surface area contributed by atoms with Gasteiger partial charge in [0.15, 0.2) is 0 Å². The molecule has 2 N–H and O–H groups in total. The van der Waals surface area contributed by atoms with Crippen LogP contribution in [0.3, 0.4) is 0 Å². The summed E-state index contributed by atoms with van der Waals surface area (Å²) in [4.78, 5) is 16.6. The van der Waals surface area contributed by atoms with Gasteiger partial charge in [-0.25, -0.2) is 4.79 Å². The molecule has 0 aliphatic heterocycles. The van der Waals surface area contributed by atoms with Crippen LogP contribution in [0.1, 0.15) is 50.9 Å². The third-order valence-corrected chi connectivity index (χ3v) is 1.94. The van der Waals surface area contributed by atoms with Crippen molar-refractivity contribution in [1.82, 2.24) is 9.97 Å². The largest absolute Gasteiger partial charge is 0.323 e. The molecule has 0 spiro atoms. The maximum Gasteiger partial charge on any atom is 0.323 e. The molecular formula is C9H16N2O. The van der Waals surface area contributed by atoms with Gasteiger partial charge >= 0.3 is 5.69 Å². The molecule has 0 aliphatic rings. The normalized spacial score (nSPS) is 11.5. The second kappa shape index (κ2) is 3.17. The summed E-state index contributed by atoms with van der Waals surface area (Å²) in [6, 6.07) is 0. The van der Waals surface area contributed by atoms with Crippen molar-refractivity contribution in [2.45, 2.75) is 39.5 Å². The Morgan fingerprint density at radius 3 is 1.50 bits per heavy atom. The van der Waals surface area contributed by atoms with Crippen molar-refractivity contribution in [2.75, 3.05) is 0 Å². The molecule has 0 atom stereocenters. The highest BCUT2D eigenvalue weighted by Crippen LogP contribution is 2.20. The fourth-order valence-electron chi connectivity index (χ4n) is 1.32. The maximum absolute atomic E-state index is 11.0. The number of nitrogens with one attached hydrogen (secondary N) is 2. The van der Waals surface area contributed by atoms with Crippen molar-refractivity contribution in [3.8, 4) is 0 Å². The average molecular weight is 168 g/mol. The summed E-state index contributed by atoms with van der Waals surface area (Å²) in [6.45, 7) is 8.30. The number of hydrogen-bond donors (Lipinski definition) is 2. The zero-order chi connectivity index (χ0) is 9.30. The van der Waals surface area contributed by atoms with Crippen LogP contribution in [0.25, 0.3) is 0 Å². The zero-order valence-electron chi connectivity index (χ0n) is 8.06. The molecule has 1 aromatic rings. The topological polar surface area (TPSA) is 48.6 Å². The summed E-state index contributed by atoms with van der Waals surface area (Å²) >= 11 is 0. The first-order chi connectivity index (χ1) is 5.52. The standard InChI is InChI=1S/C9H16N2O/c1-5(2)7-8(6(3)4)11-9(12)10-7/h5-6H,1-4H3,(H2,10,11,12). The smallest absolute Gasteiger partial charge is 0.309 e. The summed E-state index contributed by atoms with van der Waals surface area (Å²) in [6.07, 6.45) is 0. The lowest BCUT2D eigenvalue weighted by Gasteiger charge is -2.08. The van der Waals surface area contributed by atoms with E-state index in [1.807, 2.05) is 0 Å². The number of imidazole rings is 1. The molecule has 0 saturated heterocycles. The maximum atomic E-state index is 11.0. The lowest BCUT2D eigenvalue weighted by Crippen LogP contribution is -2.01. The quantitative estimate of drug-likeness (QED) is 0.696. The molecule has 12 heavy (non-hydrogen) atoms. The zero-order valence-corrected chi connectivity index (χ0v) is 8.06. The second-order valence-electron chi connectivity index (χ2n) is 3.72. The van der Waals surface area contributed by atoms with E-state index in [1.165, 1.54) is 0 Å². The highest BCUT2D eigenvalue weighted by molar-refractivity contribution is 5.17. The molecule has 0 aliphatic carbocycles. The molecule has 1 heterocycles. The molecule has 1 rings (SSSR count). The number of H-pyrrole nitrogens is 2. The van der Waals surface area contributed by atoms with Crippen LogP contribution in [0.15, 0.2) is 4.79 Å². The molecule has 0 amide bonds. The summed E-state index contributed by atoms with van der Waals surface area (Å²) < 4.78 is 0. The van der Waals surface area contributed by atoms with Gasteiger partial charge < -0.3 is 9.97 Å². The highest BCUT2D eigenvalue weighted by atomic mass is 16.1. The van der Waals surface area contributed by atoms with Crippen molar-refractivity contribution in [1.29, 1.82) is 0 Å². The van der Waals surface area contributed by atoms with Crippen LogP contribution in [0, 0.1) is 0 Å². The van der Waals surface area contributed by atoms with Gasteiger partial charge in [-0.3, -0.25) is 0 Å². The summed E-state index contributed by atoms with van der Waals surface area (Å²) in [7, 11) is 0. The molecule has 68 valence electrons. The van der Waals surface area contributed by atoms with Crippen LogP contribution in [-0.2, 0) is 0 Å². The summed E-state index contributed by atoms with van der Waals surface area (Å²) in [5.41, 5.74) is 1.98. The summed E-state index contributed by atoms with van der Waals surface area (Å²) in [5, 5.41) is 0. The third kappa shape index (κ3) is 1.60. The summed E-state index contributed by atoms with van der Waals surface area (Å²) in [5.74, 6) is 0.752. The first-order valence-electron chi connectivity index (χ1n) is 4.34. The molecule has 0 fully saturated rings. The SMILES string of the molecule is CC(C)c1[nH]c(=O)[nH]c1C(C)C. The van der Waals surface area contributed by atoms with Crippen LogP contribution in [-0.4, -0.2) is 9.97 Å². The Labute approximate surface area is 72.2 Å². The Kier molecular flexibility index (Phi) is 2.40. The van der Waals surface area contributed by atoms with Crippen LogP contribution in [0.4, 0.5) is 0 Å². The molecular weight excluding hydrogens is 152 g/mol. The number of aromatic nitrogens is 2. The Bertz CT molecular complexity index is 278. The van der Waals surface area contributed by atoms with Crippen LogP contribution < -0.4 is 5.69 Å². The van der Waals surface area contributed by atoms with E-state index in [9.17, 15) is 4.79 Å². The van der Waals surface area contributed by atoms with E-state index in [0.717, 1.165) is 11.4 Å². The van der Waals surface area contributed by atoms with Crippen LogP contribution in [0.5, 0.6) is 0 Å². The van der Waals surface area contributed by atoms with E-state index in [1.54, 1.807) is 0 Å². The second-order valence-corrected chi connectivity index (χ2v) is 3.72. The highest BCUT2D eigenvalue weighted by Gasteiger charge is 2.12. The predicted molar refractivity (Wildman–Crippen MR) is 49.6 cm³/mol. The van der Waals surface area contributed by atoms with Gasteiger partial charge in [0, 0.05) is 11.4 Å². The van der Waals surface area contributed by atoms with Gasteiger partial charge in [0.05, 0.1) is 0 Å². The molecule has 3 heteroatoms. The van der Waals surface area contributed by atoms with Gasteiger partial charge in [0.1, 0.15) is 0 Å². The van der Waals surface area contributed by atoms with Crippen LogP contribution >= 0.6 is 0 Å². The van der Waals surface area contributed by atoms with E-state index in [-0.39, 0.29) is 5.69 Å². The average Bonchev–Trinajstić information content (AvgIpc) is 2.31. The lowest BCUT2D eigenvalue weighted by molar-refractivity contribution is 0.759. The van der Waals surface area contributed by atoms with Gasteiger partial charge in [-0.1, -0.05) is 27.7 Å². The van der Waals surface area contributed by atoms with Gasteiger partial charge in [0.2, 0.25) is 0 Å². The number of aromatic amines is 2. The Balaban J connectivity index is 3.17. The first-order valence-corrected chi connectivity index (χ1v) is 4.34. The van der Waals surface area contributed by atoms with Crippen LogP contribution in [0.2, 0.25) is 0 Å². The first kappa shape index (κ1) is 9.10. The van der Waals surface area contributed by atoms with Crippen molar-refractivity contribution >= 4 is 0 Å². The molecule has 0 unspecified atom stereocenters. The van der Waals surface area contributed by atoms with E-state index >= 15 is 0 Å². The van der Waals surface area contributed by atoms with Gasteiger partial charge in [-0.15, -0.1) is 0 Å². The van der Waals surface area contributed by atoms with Gasteiger partial charge in [0.25, 0.3) is 0 Å². The predicted octanol–water partition coefficient (Wildman–Crippen LogP) is 1.95. The minimum absolute atomic E-state index is 0.0950. The number of rotatable bonds is 2. The third-order valence-electron chi connectivity index (χ3n) is 1.94. The molecule has 1 aromatic heterocycles. The van der Waals surface area contributed by atoms with Gasteiger partial charge in [-0.2, -0.15) is 0 Å². The van der Waals surface area contributed by atoms with Crippen molar-refractivity contribution in [3.63, 3.8) is 0 Å². The minimum Gasteiger partial charge on any atom is -0.309 e. The fraction of sp³-hybridized carbons (Fsp3) is 0.667. The minimum atomic E-state index is -0.0950. The molecule has 0 bridgehead atoms. The fourth-order valence-corrected chi connectivity index (χ4v) is 1.32. The molecule has 0 saturated carbocycles. The Hall–Kier alpha value is -0.990. The molecule has 0 radical (unpaired) electrons. The Morgan fingerprint density at radius 1 is 0.917 bits per heavy atom.